The lowest BCUT2D eigenvalue weighted by atomic mass is 9.88. The van der Waals surface area contributed by atoms with Crippen molar-refractivity contribution in [1.82, 2.24) is 4.90 Å². The SMILES string of the molecule is CCC(=O)N(c1ccc(Cl)cc1)[C@@H]1C[C@H](CN(CC)CC)N(C(=O)c2ccc(F)cc2)c2ccccc21. The molecule has 0 spiro atoms. The Hall–Kier alpha value is -3.22. The van der Waals surface area contributed by atoms with Gasteiger partial charge in [0.15, 0.2) is 0 Å². The number of fused-ring (bicyclic) bond motifs is 1. The van der Waals surface area contributed by atoms with Crippen LogP contribution in [0.3, 0.4) is 0 Å². The zero-order valence-corrected chi connectivity index (χ0v) is 22.3. The Morgan fingerprint density at radius 1 is 0.946 bits per heavy atom. The standard InChI is InChI=1S/C30H33ClFN3O2/c1-4-29(36)34(24-17-13-22(31)14-18-24)28-19-25(20-33(5-2)6-3)35(27-10-8-7-9-26(27)28)30(37)21-11-15-23(32)16-12-21/h7-18,25,28H,4-6,19-20H2,1-3H3/t25-,28-/m1/s1. The van der Waals surface area contributed by atoms with Crippen LogP contribution in [-0.2, 0) is 4.79 Å². The van der Waals surface area contributed by atoms with Crippen molar-refractivity contribution >= 4 is 34.8 Å². The molecule has 1 aliphatic rings. The number of benzene rings is 3. The number of para-hydroxylation sites is 1. The maximum absolute atomic E-state index is 13.9. The minimum absolute atomic E-state index is 0.00188. The number of carbonyl (C=O) groups is 2. The van der Waals surface area contributed by atoms with Crippen LogP contribution in [-0.4, -0.2) is 42.4 Å². The number of rotatable bonds is 8. The molecule has 0 N–H and O–H groups in total. The third-order valence-corrected chi connectivity index (χ3v) is 7.33. The quantitative estimate of drug-likeness (QED) is 0.330. The summed E-state index contributed by atoms with van der Waals surface area (Å²) in [6.07, 6.45) is 0.912. The van der Waals surface area contributed by atoms with Gasteiger partial charge in [0, 0.05) is 34.9 Å². The number of hydrogen-bond donors (Lipinski definition) is 0. The molecule has 1 aliphatic heterocycles. The molecule has 3 aromatic rings. The van der Waals surface area contributed by atoms with Gasteiger partial charge in [-0.2, -0.15) is 0 Å². The molecule has 0 bridgehead atoms. The number of hydrogen-bond acceptors (Lipinski definition) is 3. The molecule has 0 fully saturated rings. The van der Waals surface area contributed by atoms with E-state index in [0.717, 1.165) is 30.0 Å². The summed E-state index contributed by atoms with van der Waals surface area (Å²) < 4.78 is 13.6. The van der Waals surface area contributed by atoms with Gasteiger partial charge in [0.05, 0.1) is 12.1 Å². The molecule has 0 aromatic heterocycles. The Labute approximate surface area is 223 Å². The summed E-state index contributed by atoms with van der Waals surface area (Å²) in [7, 11) is 0. The number of nitrogens with zero attached hydrogens (tertiary/aromatic N) is 3. The molecule has 5 nitrogen and oxygen atoms in total. The van der Waals surface area contributed by atoms with E-state index < -0.39 is 0 Å². The van der Waals surface area contributed by atoms with E-state index in [0.29, 0.717) is 30.0 Å². The van der Waals surface area contributed by atoms with Crippen LogP contribution in [0.5, 0.6) is 0 Å². The van der Waals surface area contributed by atoms with E-state index in [9.17, 15) is 14.0 Å². The van der Waals surface area contributed by atoms with Gasteiger partial charge in [0.2, 0.25) is 5.91 Å². The number of anilines is 2. The molecule has 0 saturated carbocycles. The van der Waals surface area contributed by atoms with Crippen LogP contribution in [0.25, 0.3) is 0 Å². The average molecular weight is 522 g/mol. The lowest BCUT2D eigenvalue weighted by Crippen LogP contribution is -2.53. The molecule has 2 atom stereocenters. The first-order valence-corrected chi connectivity index (χ1v) is 13.2. The van der Waals surface area contributed by atoms with Crippen molar-refractivity contribution in [3.05, 3.63) is 94.8 Å². The van der Waals surface area contributed by atoms with Crippen molar-refractivity contribution in [2.24, 2.45) is 0 Å². The van der Waals surface area contributed by atoms with Gasteiger partial charge in [-0.25, -0.2) is 4.39 Å². The van der Waals surface area contributed by atoms with Crippen LogP contribution in [0.1, 0.15) is 55.6 Å². The lowest BCUT2D eigenvalue weighted by molar-refractivity contribution is -0.118. The number of amides is 2. The normalized spacial score (nSPS) is 17.0. The maximum Gasteiger partial charge on any atom is 0.258 e. The fourth-order valence-electron chi connectivity index (χ4n) is 5.13. The minimum atomic E-state index is -0.382. The van der Waals surface area contributed by atoms with Crippen LogP contribution in [0.4, 0.5) is 15.8 Å². The maximum atomic E-state index is 13.9. The van der Waals surface area contributed by atoms with Crippen LogP contribution in [0, 0.1) is 5.82 Å². The summed E-state index contributed by atoms with van der Waals surface area (Å²) in [6.45, 7) is 8.39. The highest BCUT2D eigenvalue weighted by atomic mass is 35.5. The Morgan fingerprint density at radius 2 is 1.59 bits per heavy atom. The van der Waals surface area contributed by atoms with Gasteiger partial charge in [-0.15, -0.1) is 0 Å². The summed E-state index contributed by atoms with van der Waals surface area (Å²) in [5.74, 6) is -0.558. The smallest absolute Gasteiger partial charge is 0.258 e. The van der Waals surface area contributed by atoms with Gasteiger partial charge < -0.3 is 14.7 Å². The fourth-order valence-corrected chi connectivity index (χ4v) is 5.26. The van der Waals surface area contributed by atoms with E-state index in [1.54, 1.807) is 12.1 Å². The van der Waals surface area contributed by atoms with Crippen molar-refractivity contribution < 1.29 is 14.0 Å². The van der Waals surface area contributed by atoms with Crippen molar-refractivity contribution in [1.29, 1.82) is 0 Å². The van der Waals surface area contributed by atoms with Crippen LogP contribution in [0.15, 0.2) is 72.8 Å². The highest BCUT2D eigenvalue weighted by Crippen LogP contribution is 2.43. The van der Waals surface area contributed by atoms with Gasteiger partial charge in [-0.05, 0) is 79.7 Å². The third-order valence-electron chi connectivity index (χ3n) is 7.08. The first-order chi connectivity index (χ1) is 17.9. The molecule has 194 valence electrons. The second-order valence-corrected chi connectivity index (χ2v) is 9.66. The number of likely N-dealkylation sites (N-methyl/N-ethyl adjacent to an activating group) is 1. The van der Waals surface area contributed by atoms with Gasteiger partial charge in [0.25, 0.3) is 5.91 Å². The Kier molecular flexibility index (Phi) is 8.62. The fraction of sp³-hybridized carbons (Fsp3) is 0.333. The minimum Gasteiger partial charge on any atom is -0.305 e. The number of halogens is 2. The molecule has 4 rings (SSSR count). The van der Waals surface area contributed by atoms with E-state index in [-0.39, 0.29) is 29.7 Å². The predicted molar refractivity (Wildman–Crippen MR) is 148 cm³/mol. The van der Waals surface area contributed by atoms with E-state index in [1.807, 2.05) is 53.1 Å². The Morgan fingerprint density at radius 3 is 2.22 bits per heavy atom. The van der Waals surface area contributed by atoms with Gasteiger partial charge >= 0.3 is 0 Å². The van der Waals surface area contributed by atoms with Crippen molar-refractivity contribution in [3.8, 4) is 0 Å². The summed E-state index contributed by atoms with van der Waals surface area (Å²) in [6, 6.07) is 20.3. The van der Waals surface area contributed by atoms with Crippen molar-refractivity contribution in [3.63, 3.8) is 0 Å². The van der Waals surface area contributed by atoms with Gasteiger partial charge in [0.1, 0.15) is 5.82 Å². The molecular weight excluding hydrogens is 489 g/mol. The molecule has 0 aliphatic carbocycles. The Balaban J connectivity index is 1.85. The van der Waals surface area contributed by atoms with Crippen molar-refractivity contribution in [2.75, 3.05) is 29.4 Å². The van der Waals surface area contributed by atoms with Gasteiger partial charge in [-0.3, -0.25) is 9.59 Å². The molecule has 7 heteroatoms. The molecule has 2 amide bonds. The first-order valence-electron chi connectivity index (χ1n) is 12.9. The molecular formula is C30H33ClFN3O2. The molecule has 37 heavy (non-hydrogen) atoms. The molecule has 0 unspecified atom stereocenters. The molecule has 0 saturated heterocycles. The van der Waals surface area contributed by atoms with E-state index in [1.165, 1.54) is 24.3 Å². The zero-order chi connectivity index (χ0) is 26.5. The van der Waals surface area contributed by atoms with Crippen LogP contribution >= 0.6 is 11.6 Å². The molecule has 1 heterocycles. The summed E-state index contributed by atoms with van der Waals surface area (Å²) >= 11 is 6.15. The number of carbonyl (C=O) groups excluding carboxylic acids is 2. The van der Waals surface area contributed by atoms with Crippen LogP contribution < -0.4 is 9.80 Å². The van der Waals surface area contributed by atoms with Crippen LogP contribution in [0.2, 0.25) is 5.02 Å². The Bertz CT molecular complexity index is 1230. The lowest BCUT2D eigenvalue weighted by Gasteiger charge is -2.46. The highest BCUT2D eigenvalue weighted by Gasteiger charge is 2.40. The van der Waals surface area contributed by atoms with E-state index in [2.05, 4.69) is 18.7 Å². The van der Waals surface area contributed by atoms with E-state index in [4.69, 9.17) is 11.6 Å². The summed E-state index contributed by atoms with van der Waals surface area (Å²) in [5.41, 5.74) is 2.88. The monoisotopic (exact) mass is 521 g/mol. The highest BCUT2D eigenvalue weighted by molar-refractivity contribution is 6.30. The summed E-state index contributed by atoms with van der Waals surface area (Å²) in [4.78, 5) is 33.3. The zero-order valence-electron chi connectivity index (χ0n) is 21.5. The third kappa shape index (κ3) is 5.71. The largest absolute Gasteiger partial charge is 0.305 e. The predicted octanol–water partition coefficient (Wildman–Crippen LogP) is 6.72. The summed E-state index contributed by atoms with van der Waals surface area (Å²) in [5, 5.41) is 0.604. The average Bonchev–Trinajstić information content (AvgIpc) is 2.92. The molecule has 0 radical (unpaired) electrons. The van der Waals surface area contributed by atoms with Gasteiger partial charge in [-0.1, -0.05) is 50.6 Å². The second kappa shape index (κ2) is 11.9. The second-order valence-electron chi connectivity index (χ2n) is 9.23. The topological polar surface area (TPSA) is 43.9 Å². The van der Waals surface area contributed by atoms with E-state index >= 15 is 0 Å². The molecule has 3 aromatic carbocycles. The first kappa shape index (κ1) is 26.8. The van der Waals surface area contributed by atoms with Crippen molar-refractivity contribution in [2.45, 2.75) is 45.7 Å².